The third kappa shape index (κ3) is 7.40. The summed E-state index contributed by atoms with van der Waals surface area (Å²) in [5.74, 6) is -0.431. The van der Waals surface area contributed by atoms with Gasteiger partial charge in [0.1, 0.15) is 5.01 Å². The molecule has 1 heterocycles. The molecule has 1 amide bonds. The SMILES string of the molecule is Cc1ccc(S(=O)(=O)NCCc2nnc(NC(=O)c3ccccc3S(=O)(=O)CCC(C)C)s2)cc1. The molecule has 0 bridgehead atoms. The Balaban J connectivity index is 1.62. The Morgan fingerprint density at radius 1 is 1.00 bits per heavy atom. The maximum Gasteiger partial charge on any atom is 0.258 e. The van der Waals surface area contributed by atoms with E-state index in [1.54, 1.807) is 24.3 Å². The van der Waals surface area contributed by atoms with Gasteiger partial charge in [0.25, 0.3) is 5.91 Å². The first-order chi connectivity index (χ1) is 16.5. The van der Waals surface area contributed by atoms with E-state index in [1.807, 2.05) is 20.8 Å². The minimum absolute atomic E-state index is 0.0200. The van der Waals surface area contributed by atoms with Gasteiger partial charge in [0, 0.05) is 13.0 Å². The summed E-state index contributed by atoms with van der Waals surface area (Å²) in [6.45, 7) is 5.86. The molecule has 0 fully saturated rings. The number of aromatic nitrogens is 2. The Hall–Kier alpha value is -2.67. The van der Waals surface area contributed by atoms with Crippen molar-refractivity contribution in [2.24, 2.45) is 5.92 Å². The van der Waals surface area contributed by atoms with Crippen LogP contribution in [-0.2, 0) is 26.3 Å². The summed E-state index contributed by atoms with van der Waals surface area (Å²) in [5.41, 5.74) is 1.00. The van der Waals surface area contributed by atoms with Gasteiger partial charge in [-0.05, 0) is 43.5 Å². The number of nitrogens with one attached hydrogen (secondary N) is 2. The number of benzene rings is 2. The quantitative estimate of drug-likeness (QED) is 0.383. The first-order valence-electron chi connectivity index (χ1n) is 11.0. The lowest BCUT2D eigenvalue weighted by Crippen LogP contribution is -2.25. The maximum atomic E-state index is 12.8. The molecule has 0 spiro atoms. The summed E-state index contributed by atoms with van der Waals surface area (Å²) in [7, 11) is -7.27. The summed E-state index contributed by atoms with van der Waals surface area (Å²) >= 11 is 1.09. The predicted octanol–water partition coefficient (Wildman–Crippen LogP) is 3.44. The van der Waals surface area contributed by atoms with E-state index in [0.717, 1.165) is 16.9 Å². The molecule has 2 N–H and O–H groups in total. The molecule has 1 aromatic heterocycles. The van der Waals surface area contributed by atoms with E-state index in [2.05, 4.69) is 20.2 Å². The molecular weight excluding hydrogens is 508 g/mol. The molecule has 188 valence electrons. The molecule has 0 atom stereocenters. The molecule has 12 heteroatoms. The highest BCUT2D eigenvalue weighted by Crippen LogP contribution is 2.22. The van der Waals surface area contributed by atoms with E-state index in [4.69, 9.17) is 0 Å². The second-order valence-corrected chi connectivity index (χ2v) is 13.3. The molecule has 0 aliphatic heterocycles. The Morgan fingerprint density at radius 2 is 1.69 bits per heavy atom. The van der Waals surface area contributed by atoms with Crippen molar-refractivity contribution in [2.75, 3.05) is 17.6 Å². The van der Waals surface area contributed by atoms with E-state index in [0.29, 0.717) is 11.4 Å². The number of hydrogen-bond acceptors (Lipinski definition) is 8. The van der Waals surface area contributed by atoms with Gasteiger partial charge in [0.15, 0.2) is 9.84 Å². The second-order valence-electron chi connectivity index (χ2n) is 8.41. The largest absolute Gasteiger partial charge is 0.296 e. The third-order valence-electron chi connectivity index (χ3n) is 5.08. The number of nitrogens with zero attached hydrogens (tertiary/aromatic N) is 2. The lowest BCUT2D eigenvalue weighted by atomic mass is 10.2. The van der Waals surface area contributed by atoms with Crippen molar-refractivity contribution in [2.45, 2.75) is 43.4 Å². The molecule has 9 nitrogen and oxygen atoms in total. The fourth-order valence-electron chi connectivity index (χ4n) is 3.09. The van der Waals surface area contributed by atoms with Gasteiger partial charge < -0.3 is 0 Å². The third-order valence-corrected chi connectivity index (χ3v) is 9.25. The first kappa shape index (κ1) is 26.9. The van der Waals surface area contributed by atoms with Crippen LogP contribution in [0, 0.1) is 12.8 Å². The number of anilines is 1. The fourth-order valence-corrected chi connectivity index (χ4v) is 6.64. The van der Waals surface area contributed by atoms with E-state index in [1.165, 1.54) is 24.3 Å². The van der Waals surface area contributed by atoms with Crippen LogP contribution in [0.15, 0.2) is 58.3 Å². The normalized spacial score (nSPS) is 12.1. The van der Waals surface area contributed by atoms with Crippen LogP contribution in [0.1, 0.15) is 41.2 Å². The number of sulfonamides is 1. The van der Waals surface area contributed by atoms with Gasteiger partial charge in [-0.15, -0.1) is 10.2 Å². The second kappa shape index (κ2) is 11.4. The molecule has 3 rings (SSSR count). The average Bonchev–Trinajstić information content (AvgIpc) is 3.25. The number of aryl methyl sites for hydroxylation is 1. The van der Waals surface area contributed by atoms with Crippen LogP contribution in [0.3, 0.4) is 0 Å². The smallest absolute Gasteiger partial charge is 0.258 e. The standard InChI is InChI=1S/C23H28N4O5S3/c1-16(2)13-15-34(29,30)20-7-5-4-6-19(20)22(28)25-23-27-26-21(33-23)12-14-24-35(31,32)18-10-8-17(3)9-11-18/h4-11,16,24H,12-15H2,1-3H3,(H,25,27,28). The molecule has 35 heavy (non-hydrogen) atoms. The van der Waals surface area contributed by atoms with Gasteiger partial charge in [-0.2, -0.15) is 0 Å². The monoisotopic (exact) mass is 536 g/mol. The van der Waals surface area contributed by atoms with Crippen molar-refractivity contribution in [3.8, 4) is 0 Å². The van der Waals surface area contributed by atoms with Gasteiger partial charge in [-0.25, -0.2) is 21.6 Å². The summed E-state index contributed by atoms with van der Waals surface area (Å²) in [6, 6.07) is 12.6. The van der Waals surface area contributed by atoms with Crippen LogP contribution in [-0.4, -0.2) is 45.2 Å². The molecule has 0 saturated heterocycles. The van der Waals surface area contributed by atoms with Crippen LogP contribution in [0.4, 0.5) is 5.13 Å². The zero-order valence-corrected chi connectivity index (χ0v) is 22.1. The highest BCUT2D eigenvalue weighted by Gasteiger charge is 2.23. The van der Waals surface area contributed by atoms with E-state index in [9.17, 15) is 21.6 Å². The minimum Gasteiger partial charge on any atom is -0.296 e. The highest BCUT2D eigenvalue weighted by atomic mass is 32.2. The number of rotatable bonds is 11. The van der Waals surface area contributed by atoms with Crippen LogP contribution in [0.2, 0.25) is 0 Å². The zero-order valence-electron chi connectivity index (χ0n) is 19.7. The summed E-state index contributed by atoms with van der Waals surface area (Å²) in [6.07, 6.45) is 0.768. The van der Waals surface area contributed by atoms with Crippen LogP contribution >= 0.6 is 11.3 Å². The summed E-state index contributed by atoms with van der Waals surface area (Å²) < 4.78 is 52.8. The van der Waals surface area contributed by atoms with Crippen LogP contribution in [0.5, 0.6) is 0 Å². The van der Waals surface area contributed by atoms with Crippen molar-refractivity contribution in [3.63, 3.8) is 0 Å². The summed E-state index contributed by atoms with van der Waals surface area (Å²) in [4.78, 5) is 13.0. The fraction of sp³-hybridized carbons (Fsp3) is 0.348. The lowest BCUT2D eigenvalue weighted by molar-refractivity contribution is 0.102. The zero-order chi connectivity index (χ0) is 25.6. The van der Waals surface area contributed by atoms with Gasteiger partial charge in [0.05, 0.1) is 21.1 Å². The highest BCUT2D eigenvalue weighted by molar-refractivity contribution is 7.91. The van der Waals surface area contributed by atoms with Gasteiger partial charge in [-0.1, -0.05) is 55.0 Å². The first-order valence-corrected chi connectivity index (χ1v) is 14.9. The summed E-state index contributed by atoms with van der Waals surface area (Å²) in [5, 5.41) is 11.2. The molecule has 0 unspecified atom stereocenters. The molecule has 3 aromatic rings. The number of carbonyl (C=O) groups excluding carboxylic acids is 1. The Kier molecular flexibility index (Phi) is 8.75. The van der Waals surface area contributed by atoms with Gasteiger partial charge in [-0.3, -0.25) is 10.1 Å². The minimum atomic E-state index is -3.64. The lowest BCUT2D eigenvalue weighted by Gasteiger charge is -2.11. The van der Waals surface area contributed by atoms with Crippen LogP contribution < -0.4 is 10.0 Å². The van der Waals surface area contributed by atoms with Gasteiger partial charge >= 0.3 is 0 Å². The maximum absolute atomic E-state index is 12.8. The molecule has 0 saturated carbocycles. The Labute approximate surface area is 210 Å². The number of carbonyl (C=O) groups is 1. The number of hydrogen-bond donors (Lipinski definition) is 2. The molecule has 0 radical (unpaired) electrons. The predicted molar refractivity (Wildman–Crippen MR) is 136 cm³/mol. The number of amides is 1. The van der Waals surface area contributed by atoms with Crippen molar-refractivity contribution in [1.82, 2.24) is 14.9 Å². The van der Waals surface area contributed by atoms with Gasteiger partial charge in [0.2, 0.25) is 15.2 Å². The van der Waals surface area contributed by atoms with E-state index >= 15 is 0 Å². The molecule has 0 aliphatic rings. The Bertz CT molecular complexity index is 1380. The van der Waals surface area contributed by atoms with E-state index in [-0.39, 0.29) is 45.1 Å². The topological polar surface area (TPSA) is 135 Å². The van der Waals surface area contributed by atoms with Crippen molar-refractivity contribution in [1.29, 1.82) is 0 Å². The van der Waals surface area contributed by atoms with E-state index < -0.39 is 25.8 Å². The Morgan fingerprint density at radius 3 is 2.37 bits per heavy atom. The van der Waals surface area contributed by atoms with Crippen LogP contribution in [0.25, 0.3) is 0 Å². The molecular formula is C23H28N4O5S3. The van der Waals surface area contributed by atoms with Crippen molar-refractivity contribution >= 4 is 42.2 Å². The average molecular weight is 537 g/mol. The van der Waals surface area contributed by atoms with Crippen molar-refractivity contribution in [3.05, 3.63) is 64.7 Å². The molecule has 0 aliphatic carbocycles. The molecule has 2 aromatic carbocycles. The number of sulfone groups is 1. The van der Waals surface area contributed by atoms with Crippen molar-refractivity contribution < 1.29 is 21.6 Å².